The van der Waals surface area contributed by atoms with Crippen LogP contribution in [0.2, 0.25) is 0 Å². The Morgan fingerprint density at radius 1 is 1.37 bits per heavy atom. The predicted octanol–water partition coefficient (Wildman–Crippen LogP) is 0.748. The second kappa shape index (κ2) is 7.48. The van der Waals surface area contributed by atoms with Gasteiger partial charge in [0.2, 0.25) is 11.8 Å². The highest BCUT2D eigenvalue weighted by Crippen LogP contribution is 2.16. The summed E-state index contributed by atoms with van der Waals surface area (Å²) in [7, 11) is 3.58. The zero-order valence-corrected chi connectivity index (χ0v) is 12.5. The van der Waals surface area contributed by atoms with Crippen LogP contribution in [0, 0.1) is 5.92 Å². The summed E-state index contributed by atoms with van der Waals surface area (Å²) in [4.78, 5) is 26.3. The third-order valence-corrected chi connectivity index (χ3v) is 4.11. The van der Waals surface area contributed by atoms with Crippen LogP contribution in [0.25, 0.3) is 0 Å². The van der Waals surface area contributed by atoms with E-state index in [0.717, 1.165) is 32.2 Å². The van der Waals surface area contributed by atoms with Gasteiger partial charge in [-0.05, 0) is 32.4 Å². The molecule has 0 spiro atoms. The number of likely N-dealkylation sites (N-methyl/N-ethyl adjacent to an activating group) is 2. The van der Waals surface area contributed by atoms with Gasteiger partial charge in [0, 0.05) is 7.05 Å². The van der Waals surface area contributed by atoms with Crippen molar-refractivity contribution in [3.8, 4) is 0 Å². The fraction of sp³-hybridized carbons (Fsp3) is 0.857. The molecule has 1 unspecified atom stereocenters. The Kier molecular flexibility index (Phi) is 6.28. The number of hydrogen-bond donors (Lipinski definition) is 2. The number of carbonyl (C=O) groups excluding carboxylic acids is 2. The summed E-state index contributed by atoms with van der Waals surface area (Å²) in [6.45, 7) is 4.97. The van der Waals surface area contributed by atoms with Crippen LogP contribution < -0.4 is 10.6 Å². The molecule has 0 aromatic heterocycles. The average Bonchev–Trinajstić information content (AvgIpc) is 2.43. The molecular weight excluding hydrogens is 242 g/mol. The zero-order chi connectivity index (χ0) is 14.4. The normalized spacial score (nSPS) is 23.5. The molecule has 19 heavy (non-hydrogen) atoms. The molecule has 5 heteroatoms. The molecule has 1 fully saturated rings. The number of carbonyl (C=O) groups is 2. The average molecular weight is 269 g/mol. The van der Waals surface area contributed by atoms with Gasteiger partial charge in [0.25, 0.3) is 0 Å². The third-order valence-electron chi connectivity index (χ3n) is 4.11. The largest absolute Gasteiger partial charge is 0.357 e. The molecular formula is C14H27N3O2. The lowest BCUT2D eigenvalue weighted by Crippen LogP contribution is -2.55. The van der Waals surface area contributed by atoms with Crippen LogP contribution in [0.1, 0.15) is 39.5 Å². The molecule has 1 aliphatic rings. The number of nitrogens with one attached hydrogen (secondary N) is 2. The number of amides is 2. The lowest BCUT2D eigenvalue weighted by atomic mass is 9.96. The van der Waals surface area contributed by atoms with E-state index in [2.05, 4.69) is 15.5 Å². The van der Waals surface area contributed by atoms with Crippen molar-refractivity contribution < 1.29 is 9.59 Å². The molecule has 1 heterocycles. The zero-order valence-electron chi connectivity index (χ0n) is 12.5. The lowest BCUT2D eigenvalue weighted by Gasteiger charge is -2.33. The van der Waals surface area contributed by atoms with Crippen LogP contribution in [0.15, 0.2) is 0 Å². The van der Waals surface area contributed by atoms with E-state index in [4.69, 9.17) is 0 Å². The molecule has 1 aliphatic heterocycles. The van der Waals surface area contributed by atoms with Crippen LogP contribution in [0.3, 0.4) is 0 Å². The van der Waals surface area contributed by atoms with Gasteiger partial charge in [0.1, 0.15) is 6.04 Å². The highest BCUT2D eigenvalue weighted by molar-refractivity contribution is 5.89. The Hall–Kier alpha value is -1.10. The molecule has 3 atom stereocenters. The summed E-state index contributed by atoms with van der Waals surface area (Å²) >= 11 is 0. The molecule has 0 aromatic rings. The van der Waals surface area contributed by atoms with Crippen molar-refractivity contribution in [3.05, 3.63) is 0 Å². The third kappa shape index (κ3) is 4.20. The number of hydrogen-bond acceptors (Lipinski definition) is 3. The number of piperidine rings is 1. The molecule has 0 radical (unpaired) electrons. The van der Waals surface area contributed by atoms with Crippen molar-refractivity contribution in [2.45, 2.75) is 51.6 Å². The molecule has 0 aromatic carbocycles. The van der Waals surface area contributed by atoms with Crippen LogP contribution in [0.5, 0.6) is 0 Å². The van der Waals surface area contributed by atoms with Gasteiger partial charge in [-0.3, -0.25) is 14.5 Å². The highest BCUT2D eigenvalue weighted by atomic mass is 16.2. The summed E-state index contributed by atoms with van der Waals surface area (Å²) in [5, 5.41) is 5.56. The fourth-order valence-electron chi connectivity index (χ4n) is 2.51. The molecule has 5 nitrogen and oxygen atoms in total. The molecule has 0 saturated carbocycles. The van der Waals surface area contributed by atoms with E-state index in [9.17, 15) is 9.59 Å². The first-order chi connectivity index (χ1) is 9.01. The van der Waals surface area contributed by atoms with Crippen molar-refractivity contribution in [2.24, 2.45) is 5.92 Å². The Morgan fingerprint density at radius 3 is 2.58 bits per heavy atom. The second-order valence-electron chi connectivity index (χ2n) is 5.48. The molecule has 0 bridgehead atoms. The SMILES string of the molecule is CC[C@H](C)[C@H](NC(=O)C1CCCCN1C)C(=O)NC. The van der Waals surface area contributed by atoms with Crippen LogP contribution in [-0.4, -0.2) is 49.4 Å². The van der Waals surface area contributed by atoms with Crippen molar-refractivity contribution in [2.75, 3.05) is 20.6 Å². The van der Waals surface area contributed by atoms with Gasteiger partial charge < -0.3 is 10.6 Å². The smallest absolute Gasteiger partial charge is 0.242 e. The van der Waals surface area contributed by atoms with Gasteiger partial charge in [-0.15, -0.1) is 0 Å². The fourth-order valence-corrected chi connectivity index (χ4v) is 2.51. The molecule has 2 amide bonds. The topological polar surface area (TPSA) is 61.4 Å². The quantitative estimate of drug-likeness (QED) is 0.774. The van der Waals surface area contributed by atoms with Gasteiger partial charge in [0.05, 0.1) is 6.04 Å². The van der Waals surface area contributed by atoms with Gasteiger partial charge in [-0.25, -0.2) is 0 Å². The van der Waals surface area contributed by atoms with Crippen molar-refractivity contribution in [3.63, 3.8) is 0 Å². The van der Waals surface area contributed by atoms with Crippen molar-refractivity contribution in [1.29, 1.82) is 0 Å². The maximum absolute atomic E-state index is 12.3. The summed E-state index contributed by atoms with van der Waals surface area (Å²) in [5.41, 5.74) is 0. The summed E-state index contributed by atoms with van der Waals surface area (Å²) in [5.74, 6) is 0.00931. The van der Waals surface area contributed by atoms with E-state index < -0.39 is 6.04 Å². The van der Waals surface area contributed by atoms with E-state index >= 15 is 0 Å². The summed E-state index contributed by atoms with van der Waals surface area (Å²) in [6.07, 6.45) is 3.96. The minimum atomic E-state index is -0.433. The number of likely N-dealkylation sites (tertiary alicyclic amines) is 1. The van der Waals surface area contributed by atoms with Crippen LogP contribution in [-0.2, 0) is 9.59 Å². The highest BCUT2D eigenvalue weighted by Gasteiger charge is 2.31. The van der Waals surface area contributed by atoms with Gasteiger partial charge in [0.15, 0.2) is 0 Å². The van der Waals surface area contributed by atoms with Crippen LogP contribution in [0.4, 0.5) is 0 Å². The molecule has 1 saturated heterocycles. The van der Waals surface area contributed by atoms with Crippen LogP contribution >= 0.6 is 0 Å². The molecule has 0 aliphatic carbocycles. The minimum absolute atomic E-state index is 0.0175. The first-order valence-corrected chi connectivity index (χ1v) is 7.23. The van der Waals surface area contributed by atoms with E-state index in [1.807, 2.05) is 20.9 Å². The second-order valence-corrected chi connectivity index (χ2v) is 5.48. The monoisotopic (exact) mass is 269 g/mol. The maximum Gasteiger partial charge on any atom is 0.242 e. The lowest BCUT2D eigenvalue weighted by molar-refractivity contribution is -0.133. The standard InChI is InChI=1S/C14H27N3O2/c1-5-10(2)12(14(19)15-3)16-13(18)11-8-6-7-9-17(11)4/h10-12H,5-9H2,1-4H3,(H,15,19)(H,16,18)/t10-,11?,12-/m0/s1. The Labute approximate surface area is 116 Å². The molecule has 1 rings (SSSR count). The minimum Gasteiger partial charge on any atom is -0.357 e. The van der Waals surface area contributed by atoms with Gasteiger partial charge in [-0.2, -0.15) is 0 Å². The van der Waals surface area contributed by atoms with Crippen molar-refractivity contribution >= 4 is 11.8 Å². The van der Waals surface area contributed by atoms with Gasteiger partial charge >= 0.3 is 0 Å². The summed E-state index contributed by atoms with van der Waals surface area (Å²) < 4.78 is 0. The van der Waals surface area contributed by atoms with E-state index in [1.165, 1.54) is 0 Å². The predicted molar refractivity (Wildman–Crippen MR) is 75.7 cm³/mol. The first-order valence-electron chi connectivity index (χ1n) is 7.23. The van der Waals surface area contributed by atoms with E-state index in [1.54, 1.807) is 7.05 Å². The van der Waals surface area contributed by atoms with Crippen molar-refractivity contribution in [1.82, 2.24) is 15.5 Å². The van der Waals surface area contributed by atoms with E-state index in [0.29, 0.717) is 0 Å². The Morgan fingerprint density at radius 2 is 2.05 bits per heavy atom. The first kappa shape index (κ1) is 16.0. The van der Waals surface area contributed by atoms with E-state index in [-0.39, 0.29) is 23.8 Å². The molecule has 2 N–H and O–H groups in total. The number of rotatable bonds is 5. The maximum atomic E-state index is 12.3. The Balaban J connectivity index is 2.67. The Bertz CT molecular complexity index is 320. The summed E-state index contributed by atoms with van der Waals surface area (Å²) in [6, 6.07) is -0.525. The van der Waals surface area contributed by atoms with Gasteiger partial charge in [-0.1, -0.05) is 26.7 Å². The number of nitrogens with zero attached hydrogens (tertiary/aromatic N) is 1. The molecule has 110 valence electrons.